The van der Waals surface area contributed by atoms with E-state index in [2.05, 4.69) is 9.62 Å². The van der Waals surface area contributed by atoms with E-state index in [0.717, 1.165) is 38.1 Å². The summed E-state index contributed by atoms with van der Waals surface area (Å²) >= 11 is 0. The van der Waals surface area contributed by atoms with E-state index >= 15 is 0 Å². The second-order valence-corrected chi connectivity index (χ2v) is 9.06. The van der Waals surface area contributed by atoms with Gasteiger partial charge in [-0.2, -0.15) is 13.2 Å². The number of alkyl halides is 3. The van der Waals surface area contributed by atoms with Crippen LogP contribution in [0.2, 0.25) is 0 Å². The highest BCUT2D eigenvalue weighted by Gasteiger charge is 2.32. The summed E-state index contributed by atoms with van der Waals surface area (Å²) in [7, 11) is -3.94. The molecule has 4 nitrogen and oxygen atoms in total. The van der Waals surface area contributed by atoms with Crippen molar-refractivity contribution in [2.45, 2.75) is 55.6 Å². The van der Waals surface area contributed by atoms with Crippen LogP contribution in [0.15, 0.2) is 29.2 Å². The van der Waals surface area contributed by atoms with Gasteiger partial charge in [-0.1, -0.05) is 18.9 Å². The number of rotatable bonds is 5. The summed E-state index contributed by atoms with van der Waals surface area (Å²) in [5.41, 5.74) is -0.953. The fourth-order valence-electron chi connectivity index (χ4n) is 3.94. The lowest BCUT2D eigenvalue weighted by Crippen LogP contribution is -2.42. The van der Waals surface area contributed by atoms with Crippen LogP contribution in [0.4, 0.5) is 13.2 Å². The largest absolute Gasteiger partial charge is 0.416 e. The van der Waals surface area contributed by atoms with Crippen LogP contribution < -0.4 is 4.72 Å². The fourth-order valence-corrected chi connectivity index (χ4v) is 5.10. The topological polar surface area (TPSA) is 49.4 Å². The van der Waals surface area contributed by atoms with Gasteiger partial charge in [-0.3, -0.25) is 0 Å². The van der Waals surface area contributed by atoms with Gasteiger partial charge in [-0.05, 0) is 62.9 Å². The lowest BCUT2D eigenvalue weighted by molar-refractivity contribution is -0.137. The molecule has 1 heterocycles. The average Bonchev–Trinajstić information content (AvgIpc) is 3.15. The zero-order valence-corrected chi connectivity index (χ0v) is 15.5. The molecule has 1 aromatic rings. The molecule has 0 radical (unpaired) electrons. The van der Waals surface area contributed by atoms with Crippen LogP contribution in [-0.2, 0) is 16.2 Å². The van der Waals surface area contributed by atoms with E-state index in [-0.39, 0.29) is 17.4 Å². The average molecular weight is 390 g/mol. The Kier molecular flexibility index (Phi) is 5.94. The predicted octanol–water partition coefficient (Wildman–Crippen LogP) is 3.64. The Morgan fingerprint density at radius 2 is 1.73 bits per heavy atom. The highest BCUT2D eigenvalue weighted by molar-refractivity contribution is 7.89. The number of halogens is 3. The third kappa shape index (κ3) is 4.78. The van der Waals surface area contributed by atoms with Gasteiger partial charge in [0.1, 0.15) is 0 Å². The molecule has 8 heteroatoms. The van der Waals surface area contributed by atoms with Crippen molar-refractivity contribution in [3.63, 3.8) is 0 Å². The van der Waals surface area contributed by atoms with Gasteiger partial charge >= 0.3 is 6.18 Å². The van der Waals surface area contributed by atoms with Crippen molar-refractivity contribution in [2.24, 2.45) is 5.92 Å². The van der Waals surface area contributed by atoms with Gasteiger partial charge in [0, 0.05) is 12.6 Å². The van der Waals surface area contributed by atoms with Crippen LogP contribution in [0.5, 0.6) is 0 Å². The van der Waals surface area contributed by atoms with E-state index < -0.39 is 21.8 Å². The van der Waals surface area contributed by atoms with E-state index in [9.17, 15) is 21.6 Å². The SMILES string of the molecule is O=S(=O)(NCC1CCN(C2CCCC2)CC1)c1cccc(C(F)(F)F)c1. The molecule has 0 amide bonds. The molecule has 0 aromatic heterocycles. The Balaban J connectivity index is 1.54. The minimum atomic E-state index is -4.56. The van der Waals surface area contributed by atoms with Crippen molar-refractivity contribution < 1.29 is 21.6 Å². The summed E-state index contributed by atoms with van der Waals surface area (Å²) in [5, 5.41) is 0. The zero-order chi connectivity index (χ0) is 18.8. The maximum absolute atomic E-state index is 12.8. The molecule has 2 fully saturated rings. The first-order chi connectivity index (χ1) is 12.3. The minimum absolute atomic E-state index is 0.230. The fraction of sp³-hybridized carbons (Fsp3) is 0.667. The maximum atomic E-state index is 12.8. The van der Waals surface area contributed by atoms with Gasteiger partial charge < -0.3 is 4.90 Å². The number of likely N-dealkylation sites (tertiary alicyclic amines) is 1. The Morgan fingerprint density at radius 3 is 2.35 bits per heavy atom. The summed E-state index contributed by atoms with van der Waals surface area (Å²) in [5.74, 6) is 0.230. The van der Waals surface area contributed by atoms with Crippen molar-refractivity contribution in [2.75, 3.05) is 19.6 Å². The Hall–Kier alpha value is -1.12. The number of benzene rings is 1. The molecular weight excluding hydrogens is 365 g/mol. The monoisotopic (exact) mass is 390 g/mol. The summed E-state index contributed by atoms with van der Waals surface area (Å²) in [6.45, 7) is 2.22. The van der Waals surface area contributed by atoms with Gasteiger partial charge in [0.25, 0.3) is 0 Å². The zero-order valence-electron chi connectivity index (χ0n) is 14.6. The van der Waals surface area contributed by atoms with Crippen LogP contribution >= 0.6 is 0 Å². The minimum Gasteiger partial charge on any atom is -0.300 e. The highest BCUT2D eigenvalue weighted by atomic mass is 32.2. The molecule has 0 spiro atoms. The van der Waals surface area contributed by atoms with Gasteiger partial charge in [0.05, 0.1) is 10.5 Å². The molecule has 26 heavy (non-hydrogen) atoms. The maximum Gasteiger partial charge on any atom is 0.416 e. The molecule has 0 atom stereocenters. The van der Waals surface area contributed by atoms with Crippen molar-refractivity contribution in [1.82, 2.24) is 9.62 Å². The molecule has 1 saturated heterocycles. The summed E-state index contributed by atoms with van der Waals surface area (Å²) in [6.07, 6.45) is 2.38. The molecule has 146 valence electrons. The van der Waals surface area contributed by atoms with Gasteiger partial charge in [0.15, 0.2) is 0 Å². The van der Waals surface area contributed by atoms with Crippen LogP contribution in [0.3, 0.4) is 0 Å². The predicted molar refractivity (Wildman–Crippen MR) is 93.2 cm³/mol. The molecule has 1 N–H and O–H groups in total. The van der Waals surface area contributed by atoms with Gasteiger partial charge in [-0.15, -0.1) is 0 Å². The summed E-state index contributed by atoms with van der Waals surface area (Å²) < 4.78 is 65.5. The molecule has 0 unspecified atom stereocenters. The number of piperidine rings is 1. The molecule has 2 aliphatic rings. The molecule has 1 aliphatic carbocycles. The molecule has 1 saturated carbocycles. The highest BCUT2D eigenvalue weighted by Crippen LogP contribution is 2.31. The number of nitrogens with one attached hydrogen (secondary N) is 1. The number of hydrogen-bond donors (Lipinski definition) is 1. The second kappa shape index (κ2) is 7.86. The van der Waals surface area contributed by atoms with Crippen LogP contribution in [0.25, 0.3) is 0 Å². The Bertz CT molecular complexity index is 707. The van der Waals surface area contributed by atoms with Crippen molar-refractivity contribution in [1.29, 1.82) is 0 Å². The number of hydrogen-bond acceptors (Lipinski definition) is 3. The first-order valence-corrected chi connectivity index (χ1v) is 10.6. The molecule has 1 aromatic carbocycles. The Morgan fingerprint density at radius 1 is 1.08 bits per heavy atom. The van der Waals surface area contributed by atoms with Crippen molar-refractivity contribution in [3.05, 3.63) is 29.8 Å². The van der Waals surface area contributed by atoms with Crippen LogP contribution in [0, 0.1) is 5.92 Å². The second-order valence-electron chi connectivity index (χ2n) is 7.30. The van der Waals surface area contributed by atoms with E-state index in [1.807, 2.05) is 0 Å². The van der Waals surface area contributed by atoms with E-state index in [1.165, 1.54) is 31.7 Å². The smallest absolute Gasteiger partial charge is 0.300 e. The molecule has 3 rings (SSSR count). The van der Waals surface area contributed by atoms with Gasteiger partial charge in [0.2, 0.25) is 10.0 Å². The number of sulfonamides is 1. The van der Waals surface area contributed by atoms with Crippen molar-refractivity contribution >= 4 is 10.0 Å². The summed E-state index contributed by atoms with van der Waals surface area (Å²) in [6, 6.07) is 4.55. The van der Waals surface area contributed by atoms with E-state index in [4.69, 9.17) is 0 Å². The molecule has 1 aliphatic heterocycles. The first-order valence-electron chi connectivity index (χ1n) is 9.17. The normalized spacial score (nSPS) is 21.3. The third-order valence-corrected chi connectivity index (χ3v) is 6.95. The molecular formula is C18H25F3N2O2S. The third-order valence-electron chi connectivity index (χ3n) is 5.52. The van der Waals surface area contributed by atoms with Crippen LogP contribution in [0.1, 0.15) is 44.1 Å². The first kappa shape index (κ1) is 19.6. The Labute approximate surface area is 152 Å². The van der Waals surface area contributed by atoms with Crippen molar-refractivity contribution in [3.8, 4) is 0 Å². The molecule has 0 bridgehead atoms. The lowest BCUT2D eigenvalue weighted by Gasteiger charge is -2.36. The standard InChI is InChI=1S/C18H25F3N2O2S/c19-18(20,21)15-4-3-7-17(12-15)26(24,25)22-13-14-8-10-23(11-9-14)16-5-1-2-6-16/h3-4,7,12,14,16,22H,1-2,5-6,8-11,13H2. The quantitative estimate of drug-likeness (QED) is 0.835. The van der Waals surface area contributed by atoms with Gasteiger partial charge in [-0.25, -0.2) is 13.1 Å². The van der Waals surface area contributed by atoms with E-state index in [1.54, 1.807) is 0 Å². The number of nitrogens with zero attached hydrogens (tertiary/aromatic N) is 1. The van der Waals surface area contributed by atoms with Crippen LogP contribution in [-0.4, -0.2) is 39.0 Å². The summed E-state index contributed by atoms with van der Waals surface area (Å²) in [4.78, 5) is 2.17. The lowest BCUT2D eigenvalue weighted by atomic mass is 9.96. The van der Waals surface area contributed by atoms with E-state index in [0.29, 0.717) is 12.1 Å².